The van der Waals surface area contributed by atoms with E-state index < -0.39 is 17.7 Å². The van der Waals surface area contributed by atoms with Crippen LogP contribution in [0.1, 0.15) is 23.7 Å². The van der Waals surface area contributed by atoms with Gasteiger partial charge in [-0.3, -0.25) is 14.6 Å². The van der Waals surface area contributed by atoms with Gasteiger partial charge < -0.3 is 24.4 Å². The number of ketones is 1. The third kappa shape index (κ3) is 4.11. The van der Waals surface area contributed by atoms with Crippen molar-refractivity contribution in [1.82, 2.24) is 14.8 Å². The number of Topliss-reactive ketones (excluding diaryl/α,β-unsaturated/α-hetero) is 1. The summed E-state index contributed by atoms with van der Waals surface area (Å²) in [7, 11) is 3.90. The molecule has 3 heterocycles. The molecule has 1 amide bonds. The zero-order chi connectivity index (χ0) is 22.0. The highest BCUT2D eigenvalue weighted by molar-refractivity contribution is 6.46. The van der Waals surface area contributed by atoms with E-state index in [0.717, 1.165) is 6.54 Å². The van der Waals surface area contributed by atoms with Crippen molar-refractivity contribution in [2.45, 2.75) is 12.5 Å². The average molecular weight is 423 g/mol. The molecule has 1 saturated heterocycles. The Kier molecular flexibility index (Phi) is 5.90. The van der Waals surface area contributed by atoms with Gasteiger partial charge in [-0.25, -0.2) is 0 Å². The first-order valence-electron chi connectivity index (χ1n) is 10.2. The van der Waals surface area contributed by atoms with Gasteiger partial charge >= 0.3 is 0 Å². The molecule has 0 aliphatic carbocycles. The van der Waals surface area contributed by atoms with E-state index in [9.17, 15) is 14.7 Å². The summed E-state index contributed by atoms with van der Waals surface area (Å²) in [5.74, 6) is -0.527. The van der Waals surface area contributed by atoms with Gasteiger partial charge in [0.05, 0.1) is 11.3 Å². The minimum atomic E-state index is -0.753. The predicted molar refractivity (Wildman–Crippen MR) is 114 cm³/mol. The molecule has 4 rings (SSSR count). The van der Waals surface area contributed by atoms with Crippen LogP contribution in [0, 0.1) is 0 Å². The number of hydrogen-bond donors (Lipinski definition) is 1. The molecule has 0 radical (unpaired) electrons. The van der Waals surface area contributed by atoms with E-state index in [2.05, 4.69) is 4.98 Å². The smallest absolute Gasteiger partial charge is 0.295 e. The van der Waals surface area contributed by atoms with Gasteiger partial charge in [0, 0.05) is 18.3 Å². The maximum Gasteiger partial charge on any atom is 0.295 e. The second-order valence-electron chi connectivity index (χ2n) is 7.76. The Morgan fingerprint density at radius 1 is 1.16 bits per heavy atom. The highest BCUT2D eigenvalue weighted by atomic mass is 16.6. The number of aliphatic hydroxyl groups is 1. The highest BCUT2D eigenvalue weighted by Gasteiger charge is 2.46. The Balaban J connectivity index is 1.76. The molecule has 0 spiro atoms. The molecule has 1 fully saturated rings. The second kappa shape index (κ2) is 8.77. The normalized spacial score (nSPS) is 19.8. The Bertz CT molecular complexity index is 1020. The van der Waals surface area contributed by atoms with Crippen molar-refractivity contribution >= 4 is 17.4 Å². The molecule has 8 nitrogen and oxygen atoms in total. The lowest BCUT2D eigenvalue weighted by Crippen LogP contribution is -2.32. The van der Waals surface area contributed by atoms with Gasteiger partial charge in [-0.1, -0.05) is 6.07 Å². The number of benzene rings is 1. The lowest BCUT2D eigenvalue weighted by atomic mass is 9.98. The van der Waals surface area contributed by atoms with E-state index in [1.165, 1.54) is 4.90 Å². The molecule has 2 aliphatic rings. The predicted octanol–water partition coefficient (Wildman–Crippen LogP) is 2.23. The van der Waals surface area contributed by atoms with Crippen LogP contribution in [0.5, 0.6) is 11.5 Å². The van der Waals surface area contributed by atoms with Gasteiger partial charge in [-0.2, -0.15) is 0 Å². The molecule has 31 heavy (non-hydrogen) atoms. The minimum Gasteiger partial charge on any atom is -0.507 e. The van der Waals surface area contributed by atoms with Gasteiger partial charge in [-0.15, -0.1) is 0 Å². The quantitative estimate of drug-likeness (QED) is 0.433. The molecule has 2 aliphatic heterocycles. The van der Waals surface area contributed by atoms with Crippen LogP contribution < -0.4 is 9.47 Å². The van der Waals surface area contributed by atoms with Crippen molar-refractivity contribution in [1.29, 1.82) is 0 Å². The maximum atomic E-state index is 13.0. The summed E-state index contributed by atoms with van der Waals surface area (Å²) in [6, 6.07) is 9.53. The third-order valence-corrected chi connectivity index (χ3v) is 5.33. The molecule has 1 N–H and O–H groups in total. The fourth-order valence-corrected chi connectivity index (χ4v) is 3.86. The molecular formula is C23H25N3O5. The number of fused-ring (bicyclic) bond motifs is 1. The summed E-state index contributed by atoms with van der Waals surface area (Å²) in [6.45, 7) is 2.00. The number of pyridine rings is 1. The highest BCUT2D eigenvalue weighted by Crippen LogP contribution is 2.40. The molecule has 0 unspecified atom stereocenters. The lowest BCUT2D eigenvalue weighted by Gasteiger charge is -2.25. The third-order valence-electron chi connectivity index (χ3n) is 5.33. The number of nitrogens with zero attached hydrogens (tertiary/aromatic N) is 3. The van der Waals surface area contributed by atoms with Crippen LogP contribution in [0.25, 0.3) is 5.76 Å². The van der Waals surface area contributed by atoms with Crippen LogP contribution in [-0.4, -0.2) is 72.0 Å². The monoisotopic (exact) mass is 423 g/mol. The summed E-state index contributed by atoms with van der Waals surface area (Å²) in [6.07, 6.45) is 2.30. The molecule has 0 bridgehead atoms. The van der Waals surface area contributed by atoms with E-state index in [1.807, 2.05) is 19.0 Å². The first kappa shape index (κ1) is 20.9. The Hall–Kier alpha value is -3.39. The van der Waals surface area contributed by atoms with Crippen molar-refractivity contribution in [2.24, 2.45) is 0 Å². The summed E-state index contributed by atoms with van der Waals surface area (Å²) >= 11 is 0. The van der Waals surface area contributed by atoms with Gasteiger partial charge in [0.2, 0.25) is 0 Å². The lowest BCUT2D eigenvalue weighted by molar-refractivity contribution is -0.140. The van der Waals surface area contributed by atoms with Crippen molar-refractivity contribution in [3.8, 4) is 11.5 Å². The van der Waals surface area contributed by atoms with Crippen LogP contribution in [0.3, 0.4) is 0 Å². The van der Waals surface area contributed by atoms with Crippen LogP contribution in [0.15, 0.2) is 48.2 Å². The van der Waals surface area contributed by atoms with Gasteiger partial charge in [0.25, 0.3) is 11.7 Å². The van der Waals surface area contributed by atoms with Gasteiger partial charge in [0.1, 0.15) is 25.0 Å². The zero-order valence-corrected chi connectivity index (χ0v) is 17.6. The largest absolute Gasteiger partial charge is 0.507 e. The molecule has 0 saturated carbocycles. The van der Waals surface area contributed by atoms with E-state index >= 15 is 0 Å². The van der Waals surface area contributed by atoms with E-state index in [1.54, 1.807) is 42.6 Å². The Morgan fingerprint density at radius 2 is 1.94 bits per heavy atom. The zero-order valence-electron chi connectivity index (χ0n) is 17.6. The number of likely N-dealkylation sites (tertiary alicyclic amines) is 1. The van der Waals surface area contributed by atoms with Crippen LogP contribution in [0.4, 0.5) is 0 Å². The fraction of sp³-hybridized carbons (Fsp3) is 0.348. The molecule has 8 heteroatoms. The number of amides is 1. The number of aromatic nitrogens is 1. The number of ether oxygens (including phenoxy) is 2. The van der Waals surface area contributed by atoms with Crippen molar-refractivity contribution < 1.29 is 24.2 Å². The molecule has 1 atom stereocenters. The minimum absolute atomic E-state index is 0.0326. The van der Waals surface area contributed by atoms with Crippen LogP contribution in [0.2, 0.25) is 0 Å². The van der Waals surface area contributed by atoms with E-state index in [0.29, 0.717) is 48.9 Å². The van der Waals surface area contributed by atoms with Crippen LogP contribution >= 0.6 is 0 Å². The second-order valence-corrected chi connectivity index (χ2v) is 7.76. The number of rotatable bonds is 6. The summed E-state index contributed by atoms with van der Waals surface area (Å²) in [4.78, 5) is 33.8. The molecule has 162 valence electrons. The molecule has 1 aromatic heterocycles. The molecule has 2 aromatic rings. The maximum absolute atomic E-state index is 13.0. The van der Waals surface area contributed by atoms with Gasteiger partial charge in [-0.05, 0) is 57.4 Å². The van der Waals surface area contributed by atoms with Crippen molar-refractivity contribution in [3.63, 3.8) is 0 Å². The van der Waals surface area contributed by atoms with Crippen molar-refractivity contribution in [3.05, 3.63) is 59.4 Å². The first-order chi connectivity index (χ1) is 15.0. The van der Waals surface area contributed by atoms with E-state index in [4.69, 9.17) is 9.47 Å². The summed E-state index contributed by atoms with van der Waals surface area (Å²) in [5.41, 5.74) is 0.951. The molecular weight excluding hydrogens is 398 g/mol. The summed E-state index contributed by atoms with van der Waals surface area (Å²) in [5, 5.41) is 11.1. The summed E-state index contributed by atoms with van der Waals surface area (Å²) < 4.78 is 11.1. The number of carbonyl (C=O) groups is 2. The number of hydrogen-bond acceptors (Lipinski definition) is 7. The average Bonchev–Trinajstić information content (AvgIpc) is 3.03. The standard InChI is InChI=1S/C23H25N3O5/c1-25(2)10-5-11-26-20(16-6-3-4-9-24-16)19(22(28)23(26)29)21(27)15-7-8-17-18(14-15)31-13-12-30-17/h3-4,6-9,14,20,27H,5,10-13H2,1-2H3/b21-19-/t20-/m1/s1. The number of aliphatic hydroxyl groups excluding tert-OH is 1. The number of carbonyl (C=O) groups excluding carboxylic acids is 2. The first-order valence-corrected chi connectivity index (χ1v) is 10.2. The molecule has 1 aromatic carbocycles. The topological polar surface area (TPSA) is 92.2 Å². The fourth-order valence-electron chi connectivity index (χ4n) is 3.86. The van der Waals surface area contributed by atoms with Crippen LogP contribution in [-0.2, 0) is 9.59 Å². The van der Waals surface area contributed by atoms with Crippen molar-refractivity contribution in [2.75, 3.05) is 40.4 Å². The SMILES string of the molecule is CN(C)CCCN1C(=O)C(=O)/C(=C(\O)c2ccc3c(c2)OCCO3)[C@H]1c1ccccn1. The van der Waals surface area contributed by atoms with E-state index in [-0.39, 0.29) is 11.3 Å². The Morgan fingerprint density at radius 3 is 2.65 bits per heavy atom. The van der Waals surface area contributed by atoms with Gasteiger partial charge in [0.15, 0.2) is 11.5 Å². The Labute approximate surface area is 180 Å².